The molecular formula is C23H24BFO2. The Morgan fingerprint density at radius 3 is 2.04 bits per heavy atom. The summed E-state index contributed by atoms with van der Waals surface area (Å²) >= 11 is 0. The van der Waals surface area contributed by atoms with E-state index in [1.54, 1.807) is 6.92 Å². The van der Waals surface area contributed by atoms with Gasteiger partial charge in [0.2, 0.25) is 0 Å². The lowest BCUT2D eigenvalue weighted by atomic mass is 9.83. The first-order valence-electron chi connectivity index (χ1n) is 9.09. The number of halogens is 1. The Morgan fingerprint density at radius 1 is 0.852 bits per heavy atom. The van der Waals surface area contributed by atoms with Crippen LogP contribution in [0.5, 0.6) is 0 Å². The molecule has 0 unspecified atom stereocenters. The quantitative estimate of drug-likeness (QED) is 0.525. The van der Waals surface area contributed by atoms with Crippen LogP contribution in [0.2, 0.25) is 0 Å². The Hall–Kier alpha value is -2.35. The van der Waals surface area contributed by atoms with Crippen molar-refractivity contribution in [2.24, 2.45) is 0 Å². The fourth-order valence-electron chi connectivity index (χ4n) is 2.76. The van der Waals surface area contributed by atoms with Crippen LogP contribution in [0.3, 0.4) is 0 Å². The van der Waals surface area contributed by atoms with Gasteiger partial charge in [-0.3, -0.25) is 0 Å². The third-order valence-electron chi connectivity index (χ3n) is 5.24. The molecule has 1 aliphatic heterocycles. The Balaban J connectivity index is 1.86. The molecule has 1 aliphatic rings. The van der Waals surface area contributed by atoms with E-state index in [4.69, 9.17) is 9.31 Å². The highest BCUT2D eigenvalue weighted by Gasteiger charge is 2.53. The molecule has 0 atom stereocenters. The van der Waals surface area contributed by atoms with Crippen LogP contribution in [0.1, 0.15) is 51.3 Å². The predicted octanol–water partition coefficient (Wildman–Crippen LogP) is 5.42. The van der Waals surface area contributed by atoms with Gasteiger partial charge in [-0.1, -0.05) is 42.2 Å². The standard InChI is InChI=1S/C23H24BFO2/c1-17(21(25)24-26-22(2,3)23(4,5)27-24)20-13-9-12-19(16-20)15-14-18-10-7-6-8-11-18/h6-13,16H,1-5H3. The van der Waals surface area contributed by atoms with E-state index in [2.05, 4.69) is 11.8 Å². The lowest BCUT2D eigenvalue weighted by molar-refractivity contribution is 0.00578. The molecule has 3 rings (SSSR count). The first-order chi connectivity index (χ1) is 12.7. The van der Waals surface area contributed by atoms with Crippen molar-refractivity contribution >= 4 is 12.7 Å². The Morgan fingerprint density at radius 2 is 1.41 bits per heavy atom. The lowest BCUT2D eigenvalue weighted by Gasteiger charge is -2.32. The highest BCUT2D eigenvalue weighted by atomic mass is 19.1. The zero-order chi connectivity index (χ0) is 19.7. The molecule has 2 aromatic carbocycles. The van der Waals surface area contributed by atoms with E-state index < -0.39 is 24.0 Å². The van der Waals surface area contributed by atoms with Crippen molar-refractivity contribution in [1.82, 2.24) is 0 Å². The molecule has 2 nitrogen and oxygen atoms in total. The molecule has 1 heterocycles. The largest absolute Gasteiger partial charge is 0.525 e. The smallest absolute Gasteiger partial charge is 0.398 e. The minimum Gasteiger partial charge on any atom is -0.398 e. The molecule has 1 saturated heterocycles. The third-order valence-corrected chi connectivity index (χ3v) is 5.24. The van der Waals surface area contributed by atoms with Gasteiger partial charge >= 0.3 is 7.12 Å². The Bertz CT molecular complexity index is 904. The number of hydrogen-bond donors (Lipinski definition) is 0. The normalized spacial score (nSPS) is 18.5. The van der Waals surface area contributed by atoms with Crippen molar-refractivity contribution in [1.29, 1.82) is 0 Å². The monoisotopic (exact) mass is 362 g/mol. The van der Waals surface area contributed by atoms with Gasteiger partial charge in [-0.05, 0) is 70.0 Å². The SMILES string of the molecule is CC(=C(F)B1OC(C)(C)C(C)(C)O1)c1cccc(C#Cc2ccccc2)c1. The Kier molecular flexibility index (Phi) is 5.28. The van der Waals surface area contributed by atoms with Crippen molar-refractivity contribution < 1.29 is 13.7 Å². The average molecular weight is 362 g/mol. The number of hydrogen-bond acceptors (Lipinski definition) is 2. The summed E-state index contributed by atoms with van der Waals surface area (Å²) in [7, 11) is -0.992. The molecule has 27 heavy (non-hydrogen) atoms. The molecule has 0 spiro atoms. The highest BCUT2D eigenvalue weighted by Crippen LogP contribution is 2.40. The van der Waals surface area contributed by atoms with E-state index in [1.807, 2.05) is 82.3 Å². The van der Waals surface area contributed by atoms with Gasteiger partial charge in [-0.15, -0.1) is 0 Å². The summed E-state index contributed by atoms with van der Waals surface area (Å²) in [6.45, 7) is 9.39. The fraction of sp³-hybridized carbons (Fsp3) is 0.304. The number of allylic oxidation sites excluding steroid dienone is 1. The number of rotatable bonds is 2. The summed E-state index contributed by atoms with van der Waals surface area (Å²) in [5, 5.41) is 0. The molecule has 4 heteroatoms. The van der Waals surface area contributed by atoms with Crippen LogP contribution < -0.4 is 0 Å². The van der Waals surface area contributed by atoms with Crippen molar-refractivity contribution in [2.45, 2.75) is 45.8 Å². The van der Waals surface area contributed by atoms with E-state index in [1.165, 1.54) is 0 Å². The molecule has 0 N–H and O–H groups in total. The van der Waals surface area contributed by atoms with Crippen molar-refractivity contribution in [2.75, 3.05) is 0 Å². The van der Waals surface area contributed by atoms with E-state index in [0.29, 0.717) is 5.57 Å². The van der Waals surface area contributed by atoms with Gasteiger partial charge in [0.1, 0.15) is 5.73 Å². The predicted molar refractivity (Wildman–Crippen MR) is 109 cm³/mol. The molecule has 0 bridgehead atoms. The Labute approximate surface area is 161 Å². The lowest BCUT2D eigenvalue weighted by Crippen LogP contribution is -2.41. The second kappa shape index (κ2) is 7.35. The van der Waals surface area contributed by atoms with Crippen molar-refractivity contribution in [3.63, 3.8) is 0 Å². The minimum atomic E-state index is -0.992. The summed E-state index contributed by atoms with van der Waals surface area (Å²) in [5.74, 6) is 6.26. The zero-order valence-corrected chi connectivity index (χ0v) is 16.5. The summed E-state index contributed by atoms with van der Waals surface area (Å²) in [4.78, 5) is 0. The molecule has 0 aliphatic carbocycles. The molecule has 2 aromatic rings. The molecule has 0 amide bonds. The van der Waals surface area contributed by atoms with E-state index >= 15 is 4.39 Å². The van der Waals surface area contributed by atoms with Crippen LogP contribution in [0.25, 0.3) is 5.57 Å². The van der Waals surface area contributed by atoms with Crippen LogP contribution in [-0.4, -0.2) is 18.3 Å². The average Bonchev–Trinajstić information content (AvgIpc) is 2.87. The van der Waals surface area contributed by atoms with E-state index in [-0.39, 0.29) is 0 Å². The van der Waals surface area contributed by atoms with Crippen LogP contribution in [0.15, 0.2) is 60.3 Å². The van der Waals surface area contributed by atoms with Crippen LogP contribution in [0, 0.1) is 11.8 Å². The van der Waals surface area contributed by atoms with Crippen LogP contribution in [0.4, 0.5) is 4.39 Å². The first-order valence-corrected chi connectivity index (χ1v) is 9.09. The summed E-state index contributed by atoms with van der Waals surface area (Å²) in [5.41, 5.74) is 1.49. The molecule has 0 saturated carbocycles. The van der Waals surface area contributed by atoms with Gasteiger partial charge in [0.25, 0.3) is 0 Å². The van der Waals surface area contributed by atoms with Gasteiger partial charge in [0.05, 0.1) is 11.2 Å². The molecule has 0 radical (unpaired) electrons. The molecule has 0 aromatic heterocycles. The molecule has 138 valence electrons. The fourth-order valence-corrected chi connectivity index (χ4v) is 2.76. The van der Waals surface area contributed by atoms with Crippen LogP contribution in [-0.2, 0) is 9.31 Å². The van der Waals surface area contributed by atoms with E-state index in [0.717, 1.165) is 16.7 Å². The third kappa shape index (κ3) is 4.16. The first kappa shape index (κ1) is 19.4. The summed E-state index contributed by atoms with van der Waals surface area (Å²) < 4.78 is 26.7. The number of benzene rings is 2. The summed E-state index contributed by atoms with van der Waals surface area (Å²) in [6, 6.07) is 17.3. The molecular weight excluding hydrogens is 338 g/mol. The maximum absolute atomic E-state index is 15.1. The van der Waals surface area contributed by atoms with Gasteiger partial charge in [-0.2, -0.15) is 0 Å². The second-order valence-corrected chi connectivity index (χ2v) is 7.76. The van der Waals surface area contributed by atoms with Gasteiger partial charge < -0.3 is 9.31 Å². The van der Waals surface area contributed by atoms with Gasteiger partial charge in [0.15, 0.2) is 0 Å². The highest BCUT2D eigenvalue weighted by molar-refractivity contribution is 6.55. The van der Waals surface area contributed by atoms with Crippen molar-refractivity contribution in [3.05, 3.63) is 77.0 Å². The zero-order valence-electron chi connectivity index (χ0n) is 16.5. The topological polar surface area (TPSA) is 18.5 Å². The van der Waals surface area contributed by atoms with Gasteiger partial charge in [-0.25, -0.2) is 4.39 Å². The summed E-state index contributed by atoms with van der Waals surface area (Å²) in [6.07, 6.45) is 0. The van der Waals surface area contributed by atoms with E-state index in [9.17, 15) is 0 Å². The minimum absolute atomic E-state index is 0.401. The maximum Gasteiger partial charge on any atom is 0.525 e. The van der Waals surface area contributed by atoms with Crippen molar-refractivity contribution in [3.8, 4) is 11.8 Å². The van der Waals surface area contributed by atoms with Crippen LogP contribution >= 0.6 is 0 Å². The maximum atomic E-state index is 15.1. The van der Waals surface area contributed by atoms with Gasteiger partial charge in [0, 0.05) is 11.1 Å². The second-order valence-electron chi connectivity index (χ2n) is 7.76. The molecule has 1 fully saturated rings.